The Morgan fingerprint density at radius 2 is 2.13 bits per heavy atom. The number of nitrogens with two attached hydrogens (primary N) is 1. The van der Waals surface area contributed by atoms with Crippen LogP contribution in [-0.4, -0.2) is 27.8 Å². The van der Waals surface area contributed by atoms with Gasteiger partial charge >= 0.3 is 0 Å². The van der Waals surface area contributed by atoms with Gasteiger partial charge in [0.25, 0.3) is 0 Å². The molecule has 0 bridgehead atoms. The second kappa shape index (κ2) is 4.57. The summed E-state index contributed by atoms with van der Waals surface area (Å²) in [5.74, 6) is 0. The molecule has 4 N–H and O–H groups in total. The first-order valence-electron chi connectivity index (χ1n) is 4.86. The highest BCUT2D eigenvalue weighted by atomic mass is 32.1. The van der Waals surface area contributed by atoms with Gasteiger partial charge in [0.15, 0.2) is 0 Å². The van der Waals surface area contributed by atoms with E-state index in [1.165, 1.54) is 11.3 Å². The van der Waals surface area contributed by atoms with Gasteiger partial charge in [-0.05, 0) is 0 Å². The summed E-state index contributed by atoms with van der Waals surface area (Å²) < 4.78 is 0. The minimum absolute atomic E-state index is 0.0219. The molecule has 0 radical (unpaired) electrons. The summed E-state index contributed by atoms with van der Waals surface area (Å²) >= 11 is 1.50. The standard InChI is InChI=1S/C10H18N2O2S/c1-10(2,3)9-12-7(5-15-9)8(14)6(11)4-13/h5-6,8,13-14H,4,11H2,1-3H3. The fourth-order valence-electron chi connectivity index (χ4n) is 1.09. The Hall–Kier alpha value is -0.490. The molecule has 5 heteroatoms. The van der Waals surface area contributed by atoms with Crippen LogP contribution in [0.5, 0.6) is 0 Å². The minimum Gasteiger partial charge on any atom is -0.395 e. The van der Waals surface area contributed by atoms with Gasteiger partial charge in [-0.1, -0.05) is 20.8 Å². The van der Waals surface area contributed by atoms with Crippen molar-refractivity contribution in [1.29, 1.82) is 0 Å². The molecular formula is C10H18N2O2S. The van der Waals surface area contributed by atoms with E-state index in [4.69, 9.17) is 10.8 Å². The van der Waals surface area contributed by atoms with Gasteiger partial charge in [-0.15, -0.1) is 11.3 Å². The summed E-state index contributed by atoms with van der Waals surface area (Å²) in [7, 11) is 0. The molecule has 0 saturated carbocycles. The maximum atomic E-state index is 9.73. The summed E-state index contributed by atoms with van der Waals surface area (Å²) in [6, 6.07) is -0.667. The first-order chi connectivity index (χ1) is 6.86. The van der Waals surface area contributed by atoms with Crippen LogP contribution in [0.25, 0.3) is 0 Å². The molecule has 0 aliphatic carbocycles. The molecule has 1 rings (SSSR count). The average Bonchev–Trinajstić information content (AvgIpc) is 2.63. The Labute approximate surface area is 93.8 Å². The summed E-state index contributed by atoms with van der Waals surface area (Å²) in [5, 5.41) is 21.3. The van der Waals surface area contributed by atoms with Crippen molar-refractivity contribution in [1.82, 2.24) is 4.98 Å². The van der Waals surface area contributed by atoms with Crippen LogP contribution >= 0.6 is 11.3 Å². The van der Waals surface area contributed by atoms with E-state index in [0.717, 1.165) is 5.01 Å². The van der Waals surface area contributed by atoms with E-state index >= 15 is 0 Å². The van der Waals surface area contributed by atoms with E-state index in [9.17, 15) is 5.11 Å². The number of thiazole rings is 1. The normalized spacial score (nSPS) is 16.4. The maximum Gasteiger partial charge on any atom is 0.114 e. The summed E-state index contributed by atoms with van der Waals surface area (Å²) in [4.78, 5) is 4.33. The Balaban J connectivity index is 2.85. The second-order valence-electron chi connectivity index (χ2n) is 4.62. The van der Waals surface area contributed by atoms with Crippen LogP contribution in [0.3, 0.4) is 0 Å². The molecule has 0 aromatic carbocycles. The summed E-state index contributed by atoms with van der Waals surface area (Å²) in [6.45, 7) is 5.94. The monoisotopic (exact) mass is 230 g/mol. The minimum atomic E-state index is -0.887. The van der Waals surface area contributed by atoms with Crippen LogP contribution < -0.4 is 5.73 Å². The van der Waals surface area contributed by atoms with Crippen LogP contribution in [0.15, 0.2) is 5.38 Å². The molecule has 0 saturated heterocycles. The molecule has 86 valence electrons. The van der Waals surface area contributed by atoms with Crippen LogP contribution in [0, 0.1) is 0 Å². The SMILES string of the molecule is CC(C)(C)c1nc(C(O)C(N)CO)cs1. The van der Waals surface area contributed by atoms with Crippen molar-refractivity contribution in [2.45, 2.75) is 38.3 Å². The Kier molecular flexibility index (Phi) is 3.83. The highest BCUT2D eigenvalue weighted by Crippen LogP contribution is 2.28. The summed E-state index contributed by atoms with van der Waals surface area (Å²) in [6.07, 6.45) is -0.887. The molecule has 1 aromatic rings. The van der Waals surface area contributed by atoms with Crippen molar-refractivity contribution >= 4 is 11.3 Å². The van der Waals surface area contributed by atoms with Crippen molar-refractivity contribution in [2.24, 2.45) is 5.73 Å². The van der Waals surface area contributed by atoms with Crippen LogP contribution in [0.1, 0.15) is 37.6 Å². The maximum absolute atomic E-state index is 9.73. The van der Waals surface area contributed by atoms with E-state index < -0.39 is 12.1 Å². The predicted molar refractivity (Wildman–Crippen MR) is 60.8 cm³/mol. The zero-order valence-electron chi connectivity index (χ0n) is 9.27. The van der Waals surface area contributed by atoms with E-state index in [1.54, 1.807) is 5.38 Å². The number of aliphatic hydroxyl groups is 2. The lowest BCUT2D eigenvalue weighted by atomic mass is 9.98. The number of nitrogens with zero attached hydrogens (tertiary/aromatic N) is 1. The molecule has 1 aromatic heterocycles. The van der Waals surface area contributed by atoms with Crippen molar-refractivity contribution in [3.63, 3.8) is 0 Å². The molecule has 2 atom stereocenters. The highest BCUT2D eigenvalue weighted by Gasteiger charge is 2.23. The van der Waals surface area contributed by atoms with Gasteiger partial charge in [-0.2, -0.15) is 0 Å². The van der Waals surface area contributed by atoms with Crippen molar-refractivity contribution in [3.05, 3.63) is 16.1 Å². The number of rotatable bonds is 3. The number of aliphatic hydroxyl groups excluding tert-OH is 2. The predicted octanol–water partition coefficient (Wildman–Crippen LogP) is 0.794. The molecule has 0 aliphatic heterocycles. The van der Waals surface area contributed by atoms with Gasteiger partial charge in [0.2, 0.25) is 0 Å². The second-order valence-corrected chi connectivity index (χ2v) is 5.48. The summed E-state index contributed by atoms with van der Waals surface area (Å²) in [5.41, 5.74) is 6.06. The molecule has 0 amide bonds. The number of hydrogen-bond acceptors (Lipinski definition) is 5. The van der Waals surface area contributed by atoms with E-state index in [0.29, 0.717) is 5.69 Å². The lowest BCUT2D eigenvalue weighted by Gasteiger charge is -2.16. The molecular weight excluding hydrogens is 212 g/mol. The van der Waals surface area contributed by atoms with Gasteiger partial charge in [-0.3, -0.25) is 0 Å². The fraction of sp³-hybridized carbons (Fsp3) is 0.700. The topological polar surface area (TPSA) is 79.4 Å². The molecule has 15 heavy (non-hydrogen) atoms. The smallest absolute Gasteiger partial charge is 0.114 e. The quantitative estimate of drug-likeness (QED) is 0.717. The van der Waals surface area contributed by atoms with E-state index in [2.05, 4.69) is 25.8 Å². The Morgan fingerprint density at radius 1 is 1.53 bits per heavy atom. The highest BCUT2D eigenvalue weighted by molar-refractivity contribution is 7.09. The number of hydrogen-bond donors (Lipinski definition) is 3. The number of aromatic nitrogens is 1. The van der Waals surface area contributed by atoms with Crippen molar-refractivity contribution in [3.8, 4) is 0 Å². The van der Waals surface area contributed by atoms with Gasteiger partial charge in [0.1, 0.15) is 6.10 Å². The third-order valence-corrected chi connectivity index (χ3v) is 3.37. The first kappa shape index (κ1) is 12.6. The zero-order chi connectivity index (χ0) is 11.6. The van der Waals surface area contributed by atoms with Crippen LogP contribution in [-0.2, 0) is 5.41 Å². The largest absolute Gasteiger partial charge is 0.395 e. The lowest BCUT2D eigenvalue weighted by Crippen LogP contribution is -2.32. The fourth-order valence-corrected chi connectivity index (χ4v) is 2.02. The van der Waals surface area contributed by atoms with Gasteiger partial charge < -0.3 is 15.9 Å². The molecule has 0 spiro atoms. The third-order valence-electron chi connectivity index (χ3n) is 2.08. The van der Waals surface area contributed by atoms with E-state index in [1.807, 2.05) is 0 Å². The lowest BCUT2D eigenvalue weighted by molar-refractivity contribution is 0.106. The first-order valence-corrected chi connectivity index (χ1v) is 5.74. The molecule has 2 unspecified atom stereocenters. The van der Waals surface area contributed by atoms with Gasteiger partial charge in [0, 0.05) is 10.8 Å². The van der Waals surface area contributed by atoms with Gasteiger partial charge in [-0.25, -0.2) is 4.98 Å². The Morgan fingerprint density at radius 3 is 2.53 bits per heavy atom. The van der Waals surface area contributed by atoms with Crippen LogP contribution in [0.4, 0.5) is 0 Å². The Bertz CT molecular complexity index is 319. The van der Waals surface area contributed by atoms with Crippen molar-refractivity contribution < 1.29 is 10.2 Å². The molecule has 0 fully saturated rings. The molecule has 4 nitrogen and oxygen atoms in total. The molecule has 1 heterocycles. The van der Waals surface area contributed by atoms with Gasteiger partial charge in [0.05, 0.1) is 23.4 Å². The molecule has 0 aliphatic rings. The van der Waals surface area contributed by atoms with Crippen LogP contribution in [0.2, 0.25) is 0 Å². The van der Waals surface area contributed by atoms with E-state index in [-0.39, 0.29) is 12.0 Å². The average molecular weight is 230 g/mol. The zero-order valence-corrected chi connectivity index (χ0v) is 10.1. The third kappa shape index (κ3) is 2.98. The van der Waals surface area contributed by atoms with Crippen molar-refractivity contribution in [2.75, 3.05) is 6.61 Å².